The van der Waals surface area contributed by atoms with Gasteiger partial charge in [-0.05, 0) is 24.7 Å². The largest absolute Gasteiger partial charge is 0.378 e. The Kier molecular flexibility index (Phi) is 3.67. The molecule has 114 valence electrons. The third-order valence-corrected chi connectivity index (χ3v) is 6.93. The summed E-state index contributed by atoms with van der Waals surface area (Å²) in [6.45, 7) is 5.07. The highest BCUT2D eigenvalue weighted by atomic mass is 28.1. The molecule has 0 N–H and O–H groups in total. The monoisotopic (exact) mass is 298 g/mol. The topological polar surface area (TPSA) is 43.5 Å². The number of hydrogen-bond donors (Lipinski definition) is 0. The van der Waals surface area contributed by atoms with Crippen molar-refractivity contribution in [2.24, 2.45) is 17.3 Å². The van der Waals surface area contributed by atoms with E-state index in [0.717, 1.165) is 57.0 Å². The zero-order chi connectivity index (χ0) is 13.6. The molecule has 0 aromatic carbocycles. The molecular weight excluding hydrogens is 272 g/mol. The Morgan fingerprint density at radius 3 is 2.05 bits per heavy atom. The molecule has 20 heavy (non-hydrogen) atoms. The van der Waals surface area contributed by atoms with E-state index >= 15 is 0 Å². The van der Waals surface area contributed by atoms with Crippen molar-refractivity contribution < 1.29 is 18.9 Å². The lowest BCUT2D eigenvalue weighted by Crippen LogP contribution is -2.40. The minimum Gasteiger partial charge on any atom is -0.378 e. The van der Waals surface area contributed by atoms with Crippen molar-refractivity contribution in [3.8, 4) is 0 Å². The summed E-state index contributed by atoms with van der Waals surface area (Å²) in [4.78, 5) is 0. The van der Waals surface area contributed by atoms with Gasteiger partial charge in [0.2, 0.25) is 0 Å². The molecule has 5 atom stereocenters. The van der Waals surface area contributed by atoms with E-state index in [-0.39, 0.29) is 0 Å². The van der Waals surface area contributed by atoms with Crippen molar-refractivity contribution in [1.82, 2.24) is 0 Å². The van der Waals surface area contributed by atoms with Crippen molar-refractivity contribution in [1.29, 1.82) is 0 Å². The molecule has 4 nitrogen and oxygen atoms in total. The van der Waals surface area contributed by atoms with Crippen molar-refractivity contribution in [2.45, 2.75) is 37.0 Å². The van der Waals surface area contributed by atoms with Gasteiger partial charge >= 0.3 is 0 Å². The van der Waals surface area contributed by atoms with Crippen LogP contribution in [0.3, 0.4) is 0 Å². The molecule has 5 heteroatoms. The quantitative estimate of drug-likeness (QED) is 0.480. The van der Waals surface area contributed by atoms with Gasteiger partial charge in [0.15, 0.2) is 0 Å². The minimum absolute atomic E-state index is 0.291. The lowest BCUT2D eigenvalue weighted by Gasteiger charge is -2.40. The van der Waals surface area contributed by atoms with Crippen LogP contribution in [0.4, 0.5) is 0 Å². The van der Waals surface area contributed by atoms with Crippen LogP contribution in [0.25, 0.3) is 0 Å². The van der Waals surface area contributed by atoms with E-state index in [1.54, 1.807) is 0 Å². The van der Waals surface area contributed by atoms with Gasteiger partial charge < -0.3 is 18.9 Å². The van der Waals surface area contributed by atoms with Crippen molar-refractivity contribution >= 4 is 10.2 Å². The molecule has 4 fully saturated rings. The molecule has 2 heterocycles. The highest BCUT2D eigenvalue weighted by molar-refractivity contribution is 6.12. The predicted molar refractivity (Wildman–Crippen MR) is 78.1 cm³/mol. The van der Waals surface area contributed by atoms with E-state index in [4.69, 9.17) is 18.9 Å². The Morgan fingerprint density at radius 1 is 1.00 bits per heavy atom. The normalized spacial score (nSPS) is 48.9. The Hall–Kier alpha value is 0.0569. The van der Waals surface area contributed by atoms with Crippen LogP contribution < -0.4 is 0 Å². The van der Waals surface area contributed by atoms with Crippen LogP contribution in [-0.2, 0) is 18.9 Å². The number of fused-ring (bicyclic) bond motifs is 2. The zero-order valence-corrected chi connectivity index (χ0v) is 14.4. The first kappa shape index (κ1) is 13.7. The van der Waals surface area contributed by atoms with E-state index in [0.29, 0.717) is 17.6 Å². The Bertz CT molecular complexity index is 338. The molecular formula is C15H26O4Si. The molecule has 2 aliphatic heterocycles. The second kappa shape index (κ2) is 5.36. The van der Waals surface area contributed by atoms with Gasteiger partial charge in [-0.15, -0.1) is 0 Å². The number of hydrogen-bond acceptors (Lipinski definition) is 4. The maximum absolute atomic E-state index is 6.00. The highest BCUT2D eigenvalue weighted by Gasteiger charge is 2.54. The Labute approximate surface area is 123 Å². The van der Waals surface area contributed by atoms with Crippen LogP contribution in [0.2, 0.25) is 5.54 Å². The first-order valence-electron chi connectivity index (χ1n) is 8.14. The average Bonchev–Trinajstić information content (AvgIpc) is 3.32. The maximum Gasteiger partial charge on any atom is 0.104 e. The van der Waals surface area contributed by atoms with Crippen molar-refractivity contribution in [2.75, 3.05) is 39.6 Å². The summed E-state index contributed by atoms with van der Waals surface area (Å²) in [5.74, 6) is 1.78. The van der Waals surface area contributed by atoms with E-state index in [1.807, 2.05) is 0 Å². The lowest BCUT2D eigenvalue weighted by molar-refractivity contribution is -0.0567. The van der Waals surface area contributed by atoms with Gasteiger partial charge in [-0.25, -0.2) is 0 Å². The molecule has 2 bridgehead atoms. The maximum atomic E-state index is 6.00. The molecule has 0 amide bonds. The third-order valence-electron chi connectivity index (χ3n) is 5.65. The first-order valence-corrected chi connectivity index (χ1v) is 9.29. The highest BCUT2D eigenvalue weighted by Crippen LogP contribution is 2.60. The van der Waals surface area contributed by atoms with Gasteiger partial charge in [-0.1, -0.05) is 12.0 Å². The summed E-state index contributed by atoms with van der Waals surface area (Å²) < 4.78 is 22.5. The van der Waals surface area contributed by atoms with E-state index < -0.39 is 0 Å². The van der Waals surface area contributed by atoms with Gasteiger partial charge in [0.05, 0.1) is 39.6 Å². The molecule has 5 unspecified atom stereocenters. The second-order valence-corrected chi connectivity index (χ2v) is 8.91. The number of ether oxygens (including phenoxy) is 4. The molecule has 0 aromatic heterocycles. The van der Waals surface area contributed by atoms with Crippen LogP contribution in [0.15, 0.2) is 0 Å². The van der Waals surface area contributed by atoms with Crippen LogP contribution in [0.1, 0.15) is 19.3 Å². The molecule has 0 radical (unpaired) electrons. The van der Waals surface area contributed by atoms with Crippen LogP contribution in [-0.4, -0.2) is 62.1 Å². The number of rotatable bonds is 8. The SMILES string of the molecule is [SiH3]C1CC2CC1C(COCC1CO1)(COCC1CO1)C2. The summed E-state index contributed by atoms with van der Waals surface area (Å²) >= 11 is 0. The fraction of sp³-hybridized carbons (Fsp3) is 1.00. The van der Waals surface area contributed by atoms with Crippen LogP contribution in [0.5, 0.6) is 0 Å². The molecule has 0 aromatic rings. The van der Waals surface area contributed by atoms with E-state index in [2.05, 4.69) is 0 Å². The van der Waals surface area contributed by atoms with Gasteiger partial charge in [-0.2, -0.15) is 0 Å². The Morgan fingerprint density at radius 2 is 1.60 bits per heavy atom. The fourth-order valence-corrected chi connectivity index (χ4v) is 6.26. The summed E-state index contributed by atoms with van der Waals surface area (Å²) in [5.41, 5.74) is 1.26. The number of epoxide rings is 2. The van der Waals surface area contributed by atoms with Crippen LogP contribution in [0, 0.1) is 17.3 Å². The predicted octanol–water partition coefficient (Wildman–Crippen LogP) is 0.387. The standard InChI is InChI=1S/C15H26O4Si/c20-14-2-10-1-13(14)15(3-10,8-16-4-11-6-18-11)9-17-5-12-7-19-12/h10-14H,1-9H2,20H3. The van der Waals surface area contributed by atoms with Gasteiger partial charge in [0, 0.05) is 15.7 Å². The molecule has 4 rings (SSSR count). The fourth-order valence-electron chi connectivity index (χ4n) is 4.61. The summed E-state index contributed by atoms with van der Waals surface area (Å²) in [5, 5.41) is 0. The average molecular weight is 298 g/mol. The summed E-state index contributed by atoms with van der Waals surface area (Å²) in [6.07, 6.45) is 4.95. The smallest absolute Gasteiger partial charge is 0.104 e. The molecule has 2 saturated heterocycles. The molecule has 0 spiro atoms. The van der Waals surface area contributed by atoms with Gasteiger partial charge in [0.1, 0.15) is 12.2 Å². The van der Waals surface area contributed by atoms with Gasteiger partial charge in [-0.3, -0.25) is 0 Å². The van der Waals surface area contributed by atoms with E-state index in [1.165, 1.54) is 29.5 Å². The Balaban J connectivity index is 1.35. The van der Waals surface area contributed by atoms with Crippen LogP contribution >= 0.6 is 0 Å². The van der Waals surface area contributed by atoms with Gasteiger partial charge in [0.25, 0.3) is 0 Å². The summed E-state index contributed by atoms with van der Waals surface area (Å²) in [7, 11) is 1.32. The lowest BCUT2D eigenvalue weighted by atomic mass is 9.74. The zero-order valence-electron chi connectivity index (χ0n) is 12.4. The molecule has 2 saturated carbocycles. The third kappa shape index (κ3) is 2.83. The molecule has 4 aliphatic rings. The van der Waals surface area contributed by atoms with Crippen molar-refractivity contribution in [3.05, 3.63) is 0 Å². The second-order valence-electron chi connectivity index (χ2n) is 7.43. The molecule has 2 aliphatic carbocycles. The minimum atomic E-state index is 0.291. The van der Waals surface area contributed by atoms with Crippen molar-refractivity contribution in [3.63, 3.8) is 0 Å². The van der Waals surface area contributed by atoms with E-state index in [9.17, 15) is 0 Å². The summed E-state index contributed by atoms with van der Waals surface area (Å²) in [6, 6.07) is 0. The first-order chi connectivity index (χ1) is 9.75.